The third-order valence-corrected chi connectivity index (χ3v) is 12.4. The number of imidazole rings is 1. The van der Waals surface area contributed by atoms with E-state index in [4.69, 9.17) is 9.84 Å². The number of amides is 3. The molecule has 5 aromatic rings. The zero-order chi connectivity index (χ0) is 41.7. The number of imide groups is 1. The van der Waals surface area contributed by atoms with Crippen molar-refractivity contribution in [2.75, 3.05) is 44.0 Å². The van der Waals surface area contributed by atoms with Crippen molar-refractivity contribution in [2.45, 2.75) is 82.6 Å². The molecule has 59 heavy (non-hydrogen) atoms. The Labute approximate surface area is 338 Å². The minimum atomic E-state index is -4.67. The van der Waals surface area contributed by atoms with Gasteiger partial charge < -0.3 is 19.9 Å². The van der Waals surface area contributed by atoms with E-state index in [1.54, 1.807) is 28.3 Å². The summed E-state index contributed by atoms with van der Waals surface area (Å²) in [6.07, 6.45) is 3.76. The van der Waals surface area contributed by atoms with E-state index >= 15 is 0 Å². The summed E-state index contributed by atoms with van der Waals surface area (Å²) >= 11 is 0. The number of ether oxygens (including phenoxy) is 1. The number of nitrogens with zero attached hydrogens (tertiary/aromatic N) is 7. The summed E-state index contributed by atoms with van der Waals surface area (Å²) in [5, 5.41) is 10.7. The van der Waals surface area contributed by atoms with Gasteiger partial charge in [0.2, 0.25) is 11.8 Å². The normalized spacial score (nSPS) is 20.7. The Hall–Kier alpha value is -5.71. The van der Waals surface area contributed by atoms with Crippen molar-refractivity contribution in [1.82, 2.24) is 34.1 Å². The van der Waals surface area contributed by atoms with Crippen LogP contribution >= 0.6 is 0 Å². The van der Waals surface area contributed by atoms with Gasteiger partial charge in [0, 0.05) is 56.8 Å². The second-order valence-electron chi connectivity index (χ2n) is 16.2. The SMILES string of the molecule is COc1cc2nn(C3CCC(CN(C)C4CCN(c5cc(C)cc6c5n(C)c(=O)n6C5CCC(=O)NC5=O)CC4)CC3)cc2cc1NC(=O)c1cccc(C(F)(F)F)n1. The summed E-state index contributed by atoms with van der Waals surface area (Å²) < 4.78 is 50.3. The van der Waals surface area contributed by atoms with E-state index in [2.05, 4.69) is 38.5 Å². The molecule has 3 amide bonds. The fourth-order valence-electron chi connectivity index (χ4n) is 9.23. The second-order valence-corrected chi connectivity index (χ2v) is 16.2. The zero-order valence-corrected chi connectivity index (χ0v) is 33.5. The molecule has 2 N–H and O–H groups in total. The van der Waals surface area contributed by atoms with Crippen molar-refractivity contribution >= 4 is 51.0 Å². The summed E-state index contributed by atoms with van der Waals surface area (Å²) in [5.74, 6) is -0.653. The number of anilines is 2. The molecule has 17 heteroatoms. The molecule has 312 valence electrons. The van der Waals surface area contributed by atoms with Gasteiger partial charge in [0.1, 0.15) is 23.2 Å². The maximum atomic E-state index is 13.6. The molecular weight excluding hydrogens is 768 g/mol. The first kappa shape index (κ1) is 40.1. The highest BCUT2D eigenvalue weighted by atomic mass is 19.4. The number of methoxy groups -OCH3 is 1. The van der Waals surface area contributed by atoms with Crippen LogP contribution in [0.25, 0.3) is 21.9 Å². The highest BCUT2D eigenvalue weighted by Gasteiger charge is 2.35. The number of aromatic nitrogens is 5. The highest BCUT2D eigenvalue weighted by Crippen LogP contribution is 2.37. The average Bonchev–Trinajstić information content (AvgIpc) is 3.74. The molecule has 1 unspecified atom stereocenters. The Kier molecular flexibility index (Phi) is 10.7. The van der Waals surface area contributed by atoms with Gasteiger partial charge in [-0.2, -0.15) is 18.3 Å². The molecule has 1 atom stereocenters. The number of rotatable bonds is 9. The molecule has 2 aliphatic heterocycles. The third kappa shape index (κ3) is 7.91. The number of alkyl halides is 3. The van der Waals surface area contributed by atoms with Crippen LogP contribution in [0.4, 0.5) is 24.5 Å². The van der Waals surface area contributed by atoms with Crippen molar-refractivity contribution < 1.29 is 32.3 Å². The van der Waals surface area contributed by atoms with Crippen molar-refractivity contribution in [3.63, 3.8) is 0 Å². The first-order chi connectivity index (χ1) is 28.2. The van der Waals surface area contributed by atoms with Gasteiger partial charge in [-0.15, -0.1) is 0 Å². The van der Waals surface area contributed by atoms with Gasteiger partial charge in [0.15, 0.2) is 0 Å². The summed E-state index contributed by atoms with van der Waals surface area (Å²) in [4.78, 5) is 59.5. The summed E-state index contributed by atoms with van der Waals surface area (Å²) in [6, 6.07) is 10.6. The minimum Gasteiger partial charge on any atom is -0.494 e. The van der Waals surface area contributed by atoms with Gasteiger partial charge in [0.25, 0.3) is 5.91 Å². The third-order valence-electron chi connectivity index (χ3n) is 12.4. The quantitative estimate of drug-likeness (QED) is 0.172. The van der Waals surface area contributed by atoms with E-state index in [-0.39, 0.29) is 29.8 Å². The monoisotopic (exact) mass is 815 g/mol. The van der Waals surface area contributed by atoms with E-state index in [1.165, 1.54) is 13.2 Å². The fourth-order valence-corrected chi connectivity index (χ4v) is 9.23. The minimum absolute atomic E-state index is 0.196. The molecular formula is C42H48F3N9O5. The molecule has 5 heterocycles. The number of hydrogen-bond donors (Lipinski definition) is 2. The number of hydrogen-bond acceptors (Lipinski definition) is 9. The lowest BCUT2D eigenvalue weighted by atomic mass is 9.85. The maximum absolute atomic E-state index is 13.6. The number of halogens is 3. The molecule has 0 spiro atoms. The molecule has 0 radical (unpaired) electrons. The largest absolute Gasteiger partial charge is 0.494 e. The Morgan fingerprint density at radius 2 is 1.76 bits per heavy atom. The molecule has 0 bridgehead atoms. The first-order valence-electron chi connectivity index (χ1n) is 20.1. The van der Waals surface area contributed by atoms with Gasteiger partial charge in [-0.3, -0.25) is 33.5 Å². The number of aryl methyl sites for hydroxylation is 2. The molecule has 1 saturated carbocycles. The van der Waals surface area contributed by atoms with Crippen LogP contribution in [0.3, 0.4) is 0 Å². The molecule has 3 fully saturated rings. The Balaban J connectivity index is 0.875. The number of carbonyl (C=O) groups is 3. The van der Waals surface area contributed by atoms with Crippen molar-refractivity contribution in [2.24, 2.45) is 13.0 Å². The molecule has 8 rings (SSSR count). The van der Waals surface area contributed by atoms with Crippen LogP contribution in [0.2, 0.25) is 0 Å². The maximum Gasteiger partial charge on any atom is 0.433 e. The molecule has 2 aromatic carbocycles. The second kappa shape index (κ2) is 15.8. The van der Waals surface area contributed by atoms with E-state index in [1.807, 2.05) is 23.9 Å². The van der Waals surface area contributed by atoms with Crippen LogP contribution in [-0.4, -0.2) is 86.4 Å². The predicted octanol–water partition coefficient (Wildman–Crippen LogP) is 5.98. The Bertz CT molecular complexity index is 2490. The van der Waals surface area contributed by atoms with E-state index in [0.717, 1.165) is 92.4 Å². The van der Waals surface area contributed by atoms with Gasteiger partial charge in [-0.05, 0) is 101 Å². The number of piperidine rings is 2. The van der Waals surface area contributed by atoms with Crippen LogP contribution in [0.1, 0.15) is 85.2 Å². The number of fused-ring (bicyclic) bond motifs is 2. The van der Waals surface area contributed by atoms with Gasteiger partial charge in [0.05, 0.1) is 41.1 Å². The Morgan fingerprint density at radius 1 is 1.02 bits per heavy atom. The van der Waals surface area contributed by atoms with Gasteiger partial charge in [-0.25, -0.2) is 9.78 Å². The van der Waals surface area contributed by atoms with Gasteiger partial charge in [-0.1, -0.05) is 6.07 Å². The van der Waals surface area contributed by atoms with Crippen molar-refractivity contribution in [3.8, 4) is 5.75 Å². The van der Waals surface area contributed by atoms with Crippen LogP contribution in [0.5, 0.6) is 5.75 Å². The van der Waals surface area contributed by atoms with Crippen LogP contribution in [-0.2, 0) is 22.8 Å². The molecule has 14 nitrogen and oxygen atoms in total. The smallest absolute Gasteiger partial charge is 0.433 e. The number of nitrogens with one attached hydrogen (secondary N) is 2. The zero-order valence-electron chi connectivity index (χ0n) is 33.5. The van der Waals surface area contributed by atoms with E-state index in [9.17, 15) is 32.3 Å². The standard InChI is InChI=1S/C42H48F3N9O5/c1-24-18-33(38-34(19-24)54(41(58)51(38)3)32-12-13-37(55)48-40(32)57)52-16-14-27(15-17-52)50(2)22-25-8-10-28(11-9-25)53-23-26-20-31(35(59-4)21-30(26)49-53)47-39(56)29-6-5-7-36(46-29)42(43,44)45/h5-7,18-21,23,25,27-28,32H,8-17,22H2,1-4H3,(H,47,56)(H,48,55,57). The Morgan fingerprint density at radius 3 is 2.46 bits per heavy atom. The lowest BCUT2D eigenvalue weighted by Crippen LogP contribution is -2.45. The summed E-state index contributed by atoms with van der Waals surface area (Å²) in [7, 11) is 5.42. The lowest BCUT2D eigenvalue weighted by molar-refractivity contribution is -0.141. The van der Waals surface area contributed by atoms with Crippen molar-refractivity contribution in [3.05, 3.63) is 76.1 Å². The number of pyridine rings is 1. The first-order valence-corrected chi connectivity index (χ1v) is 20.1. The van der Waals surface area contributed by atoms with E-state index in [0.29, 0.717) is 40.9 Å². The highest BCUT2D eigenvalue weighted by molar-refractivity contribution is 6.05. The lowest BCUT2D eigenvalue weighted by Gasteiger charge is -2.40. The van der Waals surface area contributed by atoms with Crippen LogP contribution in [0.15, 0.2) is 53.5 Å². The summed E-state index contributed by atoms with van der Waals surface area (Å²) in [6.45, 7) is 4.67. The summed E-state index contributed by atoms with van der Waals surface area (Å²) in [5.41, 5.74) is 2.73. The number of carbonyl (C=O) groups excluding carboxylic acids is 3. The molecule has 1 aliphatic carbocycles. The molecule has 3 aliphatic rings. The fraction of sp³-hybridized carbons (Fsp3) is 0.476. The van der Waals surface area contributed by atoms with Crippen LogP contribution < -0.4 is 26.0 Å². The average molecular weight is 816 g/mol. The van der Waals surface area contributed by atoms with E-state index < -0.39 is 29.7 Å². The number of benzene rings is 2. The molecule has 3 aromatic heterocycles. The van der Waals surface area contributed by atoms with Crippen LogP contribution in [0, 0.1) is 12.8 Å². The van der Waals surface area contributed by atoms with Gasteiger partial charge >= 0.3 is 11.9 Å². The molecule has 2 saturated heterocycles. The predicted molar refractivity (Wildman–Crippen MR) is 216 cm³/mol. The topological polar surface area (TPSA) is 149 Å². The van der Waals surface area contributed by atoms with Crippen molar-refractivity contribution in [1.29, 1.82) is 0 Å².